The van der Waals surface area contributed by atoms with Gasteiger partial charge < -0.3 is 9.88 Å². The molecule has 8 heteroatoms. The summed E-state index contributed by atoms with van der Waals surface area (Å²) >= 11 is 7.23. The second-order valence-corrected chi connectivity index (χ2v) is 6.53. The molecule has 0 aliphatic carbocycles. The molecule has 0 aliphatic rings. The average Bonchev–Trinajstić information content (AvgIpc) is 3.01. The summed E-state index contributed by atoms with van der Waals surface area (Å²) in [5, 5.41) is 20.9. The number of anilines is 1. The number of nitriles is 1. The Morgan fingerprint density at radius 3 is 3.04 bits per heavy atom. The maximum absolute atomic E-state index is 12.1. The molecule has 0 saturated carbocycles. The van der Waals surface area contributed by atoms with Crippen molar-refractivity contribution in [3.8, 4) is 6.07 Å². The number of nitrogens with one attached hydrogen (secondary N) is 1. The van der Waals surface area contributed by atoms with E-state index in [1.807, 2.05) is 10.6 Å². The molecule has 24 heavy (non-hydrogen) atoms. The van der Waals surface area contributed by atoms with Gasteiger partial charge in [-0.3, -0.25) is 4.79 Å². The van der Waals surface area contributed by atoms with Crippen LogP contribution in [0.5, 0.6) is 0 Å². The molecule has 0 saturated heterocycles. The number of amides is 1. The zero-order valence-electron chi connectivity index (χ0n) is 13.3. The van der Waals surface area contributed by atoms with Gasteiger partial charge in [0.2, 0.25) is 5.91 Å². The fourth-order valence-corrected chi connectivity index (χ4v) is 2.99. The molecule has 2 aromatic rings. The highest BCUT2D eigenvalue weighted by Crippen LogP contribution is 2.21. The van der Waals surface area contributed by atoms with Gasteiger partial charge in [0.15, 0.2) is 5.16 Å². The van der Waals surface area contributed by atoms with Crippen molar-refractivity contribution in [1.29, 1.82) is 5.26 Å². The highest BCUT2D eigenvalue weighted by molar-refractivity contribution is 7.99. The van der Waals surface area contributed by atoms with Gasteiger partial charge in [-0.1, -0.05) is 43.1 Å². The van der Waals surface area contributed by atoms with E-state index in [2.05, 4.69) is 22.4 Å². The van der Waals surface area contributed by atoms with Crippen LogP contribution in [0.1, 0.15) is 31.7 Å². The molecule has 0 bridgehead atoms. The van der Waals surface area contributed by atoms with Crippen molar-refractivity contribution in [3.63, 3.8) is 0 Å². The minimum atomic E-state index is -0.220. The van der Waals surface area contributed by atoms with Crippen LogP contribution in [-0.2, 0) is 11.3 Å². The fourth-order valence-electron chi connectivity index (χ4n) is 2.08. The Kier molecular flexibility index (Phi) is 7.09. The predicted octanol–water partition coefficient (Wildman–Crippen LogP) is 3.72. The molecule has 0 aliphatic heterocycles. The van der Waals surface area contributed by atoms with Gasteiger partial charge in [0.1, 0.15) is 12.4 Å². The Morgan fingerprint density at radius 2 is 2.29 bits per heavy atom. The van der Waals surface area contributed by atoms with E-state index in [0.717, 1.165) is 25.8 Å². The van der Waals surface area contributed by atoms with E-state index in [4.69, 9.17) is 16.9 Å². The molecule has 1 aromatic carbocycles. The van der Waals surface area contributed by atoms with E-state index in [1.54, 1.807) is 24.5 Å². The molecule has 0 atom stereocenters. The summed E-state index contributed by atoms with van der Waals surface area (Å²) in [6.07, 6.45) is 5.03. The summed E-state index contributed by atoms with van der Waals surface area (Å²) in [4.78, 5) is 12.1. The molecule has 1 N–H and O–H groups in total. The van der Waals surface area contributed by atoms with Gasteiger partial charge in [-0.15, -0.1) is 10.2 Å². The maximum Gasteiger partial charge on any atom is 0.234 e. The molecule has 6 nitrogen and oxygen atoms in total. The normalized spacial score (nSPS) is 10.4. The Bertz CT molecular complexity index is 740. The van der Waals surface area contributed by atoms with Crippen LogP contribution in [0.3, 0.4) is 0 Å². The zero-order chi connectivity index (χ0) is 17.4. The van der Waals surface area contributed by atoms with Gasteiger partial charge in [0.05, 0.1) is 17.0 Å². The second-order valence-electron chi connectivity index (χ2n) is 5.15. The van der Waals surface area contributed by atoms with Crippen molar-refractivity contribution in [2.24, 2.45) is 0 Å². The number of aromatic nitrogens is 3. The summed E-state index contributed by atoms with van der Waals surface area (Å²) in [6, 6.07) is 6.79. The number of halogens is 1. The third-order valence-corrected chi connectivity index (χ3v) is 4.51. The number of rotatable bonds is 8. The van der Waals surface area contributed by atoms with Crippen LogP contribution in [0, 0.1) is 11.3 Å². The number of benzene rings is 1. The monoisotopic (exact) mass is 363 g/mol. The second kappa shape index (κ2) is 9.30. The van der Waals surface area contributed by atoms with E-state index < -0.39 is 0 Å². The standard InChI is InChI=1S/C16H18ClN5OS/c1-2-3-4-7-22-11-19-21-16(22)24-10-15(23)20-14-8-13(17)6-5-12(14)9-18/h5-6,8,11H,2-4,7,10H2,1H3,(H,20,23). The molecular weight excluding hydrogens is 346 g/mol. The molecule has 0 radical (unpaired) electrons. The molecule has 2 rings (SSSR count). The van der Waals surface area contributed by atoms with Crippen molar-refractivity contribution in [2.75, 3.05) is 11.1 Å². The minimum absolute atomic E-state index is 0.184. The van der Waals surface area contributed by atoms with Crippen molar-refractivity contribution < 1.29 is 4.79 Å². The first-order valence-corrected chi connectivity index (χ1v) is 9.00. The van der Waals surface area contributed by atoms with Crippen LogP contribution in [0.15, 0.2) is 29.7 Å². The van der Waals surface area contributed by atoms with Crippen LogP contribution < -0.4 is 5.32 Å². The maximum atomic E-state index is 12.1. The lowest BCUT2D eigenvalue weighted by Gasteiger charge is -2.08. The molecule has 0 spiro atoms. The first kappa shape index (κ1) is 18.3. The molecule has 1 amide bonds. The van der Waals surface area contributed by atoms with E-state index >= 15 is 0 Å². The Labute approximate surface area is 150 Å². The summed E-state index contributed by atoms with van der Waals surface area (Å²) in [5.41, 5.74) is 0.792. The van der Waals surface area contributed by atoms with Crippen LogP contribution >= 0.6 is 23.4 Å². The lowest BCUT2D eigenvalue weighted by molar-refractivity contribution is -0.113. The lowest BCUT2D eigenvalue weighted by atomic mass is 10.2. The minimum Gasteiger partial charge on any atom is -0.324 e. The highest BCUT2D eigenvalue weighted by Gasteiger charge is 2.11. The van der Waals surface area contributed by atoms with Gasteiger partial charge in [-0.25, -0.2) is 0 Å². The van der Waals surface area contributed by atoms with Crippen LogP contribution in [0.2, 0.25) is 5.02 Å². The Morgan fingerprint density at radius 1 is 1.46 bits per heavy atom. The van der Waals surface area contributed by atoms with Gasteiger partial charge >= 0.3 is 0 Å². The summed E-state index contributed by atoms with van der Waals surface area (Å²) < 4.78 is 1.95. The SMILES string of the molecule is CCCCCn1cnnc1SCC(=O)Nc1cc(Cl)ccc1C#N. The van der Waals surface area contributed by atoms with Crippen molar-refractivity contribution in [2.45, 2.75) is 37.9 Å². The third kappa shape index (κ3) is 5.25. The Hall–Kier alpha value is -2.04. The smallest absolute Gasteiger partial charge is 0.234 e. The lowest BCUT2D eigenvalue weighted by Crippen LogP contribution is -2.15. The van der Waals surface area contributed by atoms with Crippen molar-refractivity contribution >= 4 is 35.0 Å². The van der Waals surface area contributed by atoms with Gasteiger partial charge in [-0.2, -0.15) is 5.26 Å². The van der Waals surface area contributed by atoms with Gasteiger partial charge in [0.25, 0.3) is 0 Å². The summed E-state index contributed by atoms with van der Waals surface area (Å²) in [6.45, 7) is 3.00. The number of unbranched alkanes of at least 4 members (excludes halogenated alkanes) is 2. The van der Waals surface area contributed by atoms with Gasteiger partial charge in [-0.05, 0) is 24.6 Å². The number of carbonyl (C=O) groups excluding carboxylic acids is 1. The first-order chi connectivity index (χ1) is 11.6. The number of thioether (sulfide) groups is 1. The van der Waals surface area contributed by atoms with Gasteiger partial charge in [0, 0.05) is 11.6 Å². The average molecular weight is 364 g/mol. The molecule has 0 unspecified atom stereocenters. The van der Waals surface area contributed by atoms with Crippen LogP contribution in [0.4, 0.5) is 5.69 Å². The zero-order valence-corrected chi connectivity index (χ0v) is 14.9. The number of aryl methyl sites for hydroxylation is 1. The largest absolute Gasteiger partial charge is 0.324 e. The molecule has 0 fully saturated rings. The van der Waals surface area contributed by atoms with E-state index in [1.165, 1.54) is 11.8 Å². The van der Waals surface area contributed by atoms with Crippen molar-refractivity contribution in [1.82, 2.24) is 14.8 Å². The predicted molar refractivity (Wildman–Crippen MR) is 95.1 cm³/mol. The molecule has 1 aromatic heterocycles. The van der Waals surface area contributed by atoms with Crippen LogP contribution in [0.25, 0.3) is 0 Å². The van der Waals surface area contributed by atoms with Crippen LogP contribution in [-0.4, -0.2) is 26.4 Å². The van der Waals surface area contributed by atoms with E-state index in [0.29, 0.717) is 21.4 Å². The van der Waals surface area contributed by atoms with E-state index in [9.17, 15) is 4.79 Å². The first-order valence-electron chi connectivity index (χ1n) is 7.64. The third-order valence-electron chi connectivity index (χ3n) is 3.29. The summed E-state index contributed by atoms with van der Waals surface area (Å²) in [7, 11) is 0. The molecule has 126 valence electrons. The Balaban J connectivity index is 1.91. The van der Waals surface area contributed by atoms with Crippen molar-refractivity contribution in [3.05, 3.63) is 35.1 Å². The topological polar surface area (TPSA) is 83.6 Å². The highest BCUT2D eigenvalue weighted by atomic mass is 35.5. The number of nitrogens with zero attached hydrogens (tertiary/aromatic N) is 4. The van der Waals surface area contributed by atoms with E-state index in [-0.39, 0.29) is 11.7 Å². The summed E-state index contributed by atoms with van der Waals surface area (Å²) in [5.74, 6) is -0.0361. The number of hydrogen-bond donors (Lipinski definition) is 1. The number of carbonyl (C=O) groups is 1. The molecule has 1 heterocycles. The number of hydrogen-bond acceptors (Lipinski definition) is 5. The quantitative estimate of drug-likeness (QED) is 0.570. The fraction of sp³-hybridized carbons (Fsp3) is 0.375. The molecular formula is C16H18ClN5OS.